The van der Waals surface area contributed by atoms with Gasteiger partial charge in [0, 0.05) is 11.3 Å². The van der Waals surface area contributed by atoms with Crippen molar-refractivity contribution in [1.82, 2.24) is 9.55 Å². The Morgan fingerprint density at radius 1 is 0.935 bits per heavy atom. The molecule has 0 unspecified atom stereocenters. The maximum absolute atomic E-state index is 12.9. The summed E-state index contributed by atoms with van der Waals surface area (Å²) in [5.74, 6) is 1.83. The van der Waals surface area contributed by atoms with Crippen LogP contribution in [0, 0.1) is 13.8 Å². The number of benzene rings is 3. The molecule has 0 fully saturated rings. The van der Waals surface area contributed by atoms with Crippen LogP contribution < -0.4 is 14.8 Å². The monoisotopic (exact) mass is 415 g/mol. The van der Waals surface area contributed by atoms with Crippen molar-refractivity contribution in [3.63, 3.8) is 0 Å². The predicted octanol–water partition coefficient (Wildman–Crippen LogP) is 4.98. The summed E-state index contributed by atoms with van der Waals surface area (Å²) in [7, 11) is 3.20. The van der Waals surface area contributed by atoms with Gasteiger partial charge in [0.25, 0.3) is 0 Å². The molecule has 158 valence electrons. The van der Waals surface area contributed by atoms with Crippen LogP contribution in [0.15, 0.2) is 60.7 Å². The van der Waals surface area contributed by atoms with Crippen LogP contribution in [0.2, 0.25) is 0 Å². The molecule has 1 amide bonds. The highest BCUT2D eigenvalue weighted by molar-refractivity contribution is 5.93. The van der Waals surface area contributed by atoms with Crippen LogP contribution in [0.4, 0.5) is 5.69 Å². The molecule has 0 spiro atoms. The van der Waals surface area contributed by atoms with Crippen molar-refractivity contribution in [2.75, 3.05) is 19.5 Å². The molecular formula is C25H25N3O3. The molecule has 6 nitrogen and oxygen atoms in total. The van der Waals surface area contributed by atoms with Gasteiger partial charge in [0.1, 0.15) is 12.4 Å². The normalized spacial score (nSPS) is 10.8. The number of ether oxygens (including phenoxy) is 2. The van der Waals surface area contributed by atoms with Crippen molar-refractivity contribution >= 4 is 22.6 Å². The smallest absolute Gasteiger partial charge is 0.244 e. The number of carbonyl (C=O) groups is 1. The number of fused-ring (bicyclic) bond motifs is 1. The van der Waals surface area contributed by atoms with Crippen LogP contribution in [0.1, 0.15) is 11.1 Å². The summed E-state index contributed by atoms with van der Waals surface area (Å²) in [5, 5.41) is 3.01. The Labute approximate surface area is 181 Å². The number of anilines is 1. The number of methoxy groups -OCH3 is 2. The fourth-order valence-corrected chi connectivity index (χ4v) is 3.82. The van der Waals surface area contributed by atoms with Crippen LogP contribution in [0.25, 0.3) is 22.4 Å². The third-order valence-electron chi connectivity index (χ3n) is 5.10. The van der Waals surface area contributed by atoms with Crippen LogP contribution >= 0.6 is 0 Å². The lowest BCUT2D eigenvalue weighted by molar-refractivity contribution is -0.116. The number of para-hydroxylation sites is 2. The molecule has 1 N–H and O–H groups in total. The number of rotatable bonds is 6. The Bertz CT molecular complexity index is 1240. The Morgan fingerprint density at radius 3 is 2.35 bits per heavy atom. The van der Waals surface area contributed by atoms with Crippen molar-refractivity contribution in [3.05, 3.63) is 71.8 Å². The lowest BCUT2D eigenvalue weighted by Crippen LogP contribution is -2.19. The molecule has 3 aromatic carbocycles. The van der Waals surface area contributed by atoms with Gasteiger partial charge >= 0.3 is 0 Å². The summed E-state index contributed by atoms with van der Waals surface area (Å²) in [5.41, 5.74) is 5.56. The summed E-state index contributed by atoms with van der Waals surface area (Å²) < 4.78 is 12.7. The number of hydrogen-bond acceptors (Lipinski definition) is 4. The molecule has 31 heavy (non-hydrogen) atoms. The van der Waals surface area contributed by atoms with E-state index in [0.717, 1.165) is 33.4 Å². The minimum atomic E-state index is -0.116. The second-order valence-electron chi connectivity index (χ2n) is 7.50. The molecule has 1 heterocycles. The Balaban J connectivity index is 1.72. The number of carbonyl (C=O) groups excluding carboxylic acids is 1. The van der Waals surface area contributed by atoms with Crippen LogP contribution in [0.3, 0.4) is 0 Å². The predicted molar refractivity (Wildman–Crippen MR) is 123 cm³/mol. The number of aromatic nitrogens is 2. The SMILES string of the molecule is COc1ccc(-c2nc3ccccc3n2CC(=O)Nc2cc(C)cc(C)c2)cc1OC. The number of imidazole rings is 1. The van der Waals surface area contributed by atoms with Crippen molar-refractivity contribution < 1.29 is 14.3 Å². The summed E-state index contributed by atoms with van der Waals surface area (Å²) in [6.07, 6.45) is 0. The highest BCUT2D eigenvalue weighted by Gasteiger charge is 2.17. The van der Waals surface area contributed by atoms with E-state index >= 15 is 0 Å². The van der Waals surface area contributed by atoms with E-state index in [1.807, 2.05) is 73.0 Å². The Morgan fingerprint density at radius 2 is 1.65 bits per heavy atom. The molecular weight excluding hydrogens is 390 g/mol. The molecule has 0 aliphatic carbocycles. The molecule has 4 aromatic rings. The van der Waals surface area contributed by atoms with Gasteiger partial charge in [0.05, 0.1) is 25.3 Å². The van der Waals surface area contributed by atoms with E-state index in [-0.39, 0.29) is 12.5 Å². The summed E-state index contributed by atoms with van der Waals surface area (Å²) in [6, 6.07) is 19.4. The largest absolute Gasteiger partial charge is 0.493 e. The minimum Gasteiger partial charge on any atom is -0.493 e. The number of amides is 1. The fraction of sp³-hybridized carbons (Fsp3) is 0.200. The van der Waals surface area contributed by atoms with E-state index in [1.54, 1.807) is 14.2 Å². The van der Waals surface area contributed by atoms with Crippen LogP contribution in [-0.2, 0) is 11.3 Å². The van der Waals surface area contributed by atoms with Gasteiger partial charge in [0.2, 0.25) is 5.91 Å². The second-order valence-corrected chi connectivity index (χ2v) is 7.50. The van der Waals surface area contributed by atoms with Gasteiger partial charge in [-0.25, -0.2) is 4.98 Å². The molecule has 4 rings (SSSR count). The molecule has 0 aliphatic heterocycles. The van der Waals surface area contributed by atoms with Gasteiger partial charge in [-0.05, 0) is 67.4 Å². The van der Waals surface area contributed by atoms with E-state index in [4.69, 9.17) is 14.5 Å². The standard InChI is InChI=1S/C25H25N3O3/c1-16-11-17(2)13-19(12-16)26-24(29)15-28-21-8-6-5-7-20(21)27-25(28)18-9-10-22(30-3)23(14-18)31-4/h5-14H,15H2,1-4H3,(H,26,29). The van der Waals surface area contributed by atoms with Gasteiger partial charge in [-0.15, -0.1) is 0 Å². The van der Waals surface area contributed by atoms with Gasteiger partial charge in [-0.1, -0.05) is 18.2 Å². The van der Waals surface area contributed by atoms with Crippen molar-refractivity contribution in [1.29, 1.82) is 0 Å². The molecule has 1 aromatic heterocycles. The minimum absolute atomic E-state index is 0.116. The summed E-state index contributed by atoms with van der Waals surface area (Å²) >= 11 is 0. The molecule has 0 saturated heterocycles. The number of nitrogens with one attached hydrogen (secondary N) is 1. The lowest BCUT2D eigenvalue weighted by atomic mass is 10.1. The van der Waals surface area contributed by atoms with E-state index < -0.39 is 0 Å². The first kappa shape index (κ1) is 20.5. The van der Waals surface area contributed by atoms with E-state index in [0.29, 0.717) is 17.3 Å². The zero-order chi connectivity index (χ0) is 22.0. The quantitative estimate of drug-likeness (QED) is 0.483. The first-order valence-electron chi connectivity index (χ1n) is 10.0. The van der Waals surface area contributed by atoms with Gasteiger partial charge in [0.15, 0.2) is 11.5 Å². The van der Waals surface area contributed by atoms with E-state index in [9.17, 15) is 4.79 Å². The Kier molecular flexibility index (Phi) is 5.62. The Hall–Kier alpha value is -3.80. The van der Waals surface area contributed by atoms with Gasteiger partial charge in [-0.2, -0.15) is 0 Å². The first-order valence-corrected chi connectivity index (χ1v) is 10.0. The summed E-state index contributed by atoms with van der Waals surface area (Å²) in [4.78, 5) is 17.7. The lowest BCUT2D eigenvalue weighted by Gasteiger charge is -2.13. The van der Waals surface area contributed by atoms with E-state index in [2.05, 4.69) is 11.4 Å². The maximum Gasteiger partial charge on any atom is 0.244 e. The highest BCUT2D eigenvalue weighted by Crippen LogP contribution is 2.33. The number of nitrogens with zero attached hydrogens (tertiary/aromatic N) is 2. The zero-order valence-corrected chi connectivity index (χ0v) is 18.1. The summed E-state index contributed by atoms with van der Waals surface area (Å²) in [6.45, 7) is 4.17. The average Bonchev–Trinajstić information content (AvgIpc) is 3.10. The topological polar surface area (TPSA) is 65.4 Å². The van der Waals surface area contributed by atoms with Gasteiger partial charge in [-0.3, -0.25) is 4.79 Å². The highest BCUT2D eigenvalue weighted by atomic mass is 16.5. The van der Waals surface area contributed by atoms with Gasteiger partial charge < -0.3 is 19.4 Å². The van der Waals surface area contributed by atoms with Crippen LogP contribution in [0.5, 0.6) is 11.5 Å². The molecule has 0 aliphatic rings. The number of hydrogen-bond donors (Lipinski definition) is 1. The van der Waals surface area contributed by atoms with Crippen molar-refractivity contribution in [3.8, 4) is 22.9 Å². The number of aryl methyl sites for hydroxylation is 2. The molecule has 6 heteroatoms. The van der Waals surface area contributed by atoms with Crippen molar-refractivity contribution in [2.24, 2.45) is 0 Å². The first-order chi connectivity index (χ1) is 15.0. The second kappa shape index (κ2) is 8.52. The molecule has 0 atom stereocenters. The molecule has 0 radical (unpaired) electrons. The molecule has 0 saturated carbocycles. The maximum atomic E-state index is 12.9. The average molecular weight is 415 g/mol. The third-order valence-corrected chi connectivity index (χ3v) is 5.10. The third kappa shape index (κ3) is 4.23. The molecule has 0 bridgehead atoms. The zero-order valence-electron chi connectivity index (χ0n) is 18.1. The fourth-order valence-electron chi connectivity index (χ4n) is 3.82. The van der Waals surface area contributed by atoms with E-state index in [1.165, 1.54) is 0 Å². The van der Waals surface area contributed by atoms with Crippen molar-refractivity contribution in [2.45, 2.75) is 20.4 Å². The van der Waals surface area contributed by atoms with Crippen LogP contribution in [-0.4, -0.2) is 29.7 Å².